The summed E-state index contributed by atoms with van der Waals surface area (Å²) in [6.07, 6.45) is 7.48. The first kappa shape index (κ1) is 14.0. The molecule has 110 valence electrons. The minimum Gasteiger partial charge on any atom is -0.310 e. The van der Waals surface area contributed by atoms with E-state index in [9.17, 15) is 0 Å². The number of aromatic nitrogens is 1. The molecule has 0 atom stereocenters. The molecule has 2 aliphatic rings. The zero-order valence-electron chi connectivity index (χ0n) is 12.8. The normalized spacial score (nSPS) is 19.0. The summed E-state index contributed by atoms with van der Waals surface area (Å²) in [4.78, 5) is 7.26. The molecular weight excluding hydrogens is 246 g/mol. The van der Waals surface area contributed by atoms with E-state index in [1.807, 2.05) is 6.20 Å². The van der Waals surface area contributed by atoms with Gasteiger partial charge in [0.25, 0.3) is 0 Å². The fourth-order valence-electron chi connectivity index (χ4n) is 2.66. The van der Waals surface area contributed by atoms with Crippen molar-refractivity contribution in [3.8, 4) is 0 Å². The van der Waals surface area contributed by atoms with Gasteiger partial charge in [0.1, 0.15) is 0 Å². The van der Waals surface area contributed by atoms with Crippen LogP contribution < -0.4 is 5.32 Å². The van der Waals surface area contributed by atoms with Gasteiger partial charge in [0.2, 0.25) is 0 Å². The van der Waals surface area contributed by atoms with E-state index in [-0.39, 0.29) is 0 Å². The second-order valence-electron chi connectivity index (χ2n) is 6.87. The number of nitrogens with zero attached hydrogens (tertiary/aromatic N) is 2. The lowest BCUT2D eigenvalue weighted by Crippen LogP contribution is -2.29. The summed E-state index contributed by atoms with van der Waals surface area (Å²) in [6, 6.07) is 6.03. The first-order chi connectivity index (χ1) is 9.70. The van der Waals surface area contributed by atoms with E-state index in [0.29, 0.717) is 0 Å². The largest absolute Gasteiger partial charge is 0.310 e. The van der Waals surface area contributed by atoms with Crippen LogP contribution in [0.15, 0.2) is 18.3 Å². The number of nitrogens with one attached hydrogen (secondary N) is 1. The van der Waals surface area contributed by atoms with Gasteiger partial charge >= 0.3 is 0 Å². The highest BCUT2D eigenvalue weighted by molar-refractivity contribution is 5.14. The van der Waals surface area contributed by atoms with Crippen LogP contribution in [0, 0.1) is 5.92 Å². The van der Waals surface area contributed by atoms with Gasteiger partial charge in [-0.25, -0.2) is 0 Å². The molecular formula is C17H27N3. The highest BCUT2D eigenvalue weighted by Crippen LogP contribution is 2.28. The third-order valence-corrected chi connectivity index (χ3v) is 4.09. The van der Waals surface area contributed by atoms with Crippen LogP contribution in [0.1, 0.15) is 50.8 Å². The summed E-state index contributed by atoms with van der Waals surface area (Å²) in [7, 11) is 0. The number of hydrogen-bond acceptors (Lipinski definition) is 3. The molecule has 1 aromatic rings. The van der Waals surface area contributed by atoms with Crippen LogP contribution in [0.3, 0.4) is 0 Å². The van der Waals surface area contributed by atoms with Crippen LogP contribution in [0.25, 0.3) is 0 Å². The van der Waals surface area contributed by atoms with Crippen LogP contribution in [0.4, 0.5) is 0 Å². The average molecular weight is 273 g/mol. The monoisotopic (exact) mass is 273 g/mol. The van der Waals surface area contributed by atoms with Gasteiger partial charge in [-0.15, -0.1) is 0 Å². The van der Waals surface area contributed by atoms with Crippen molar-refractivity contribution in [3.63, 3.8) is 0 Å². The molecule has 0 unspecified atom stereocenters. The summed E-state index contributed by atoms with van der Waals surface area (Å²) in [5.41, 5.74) is 2.52. The van der Waals surface area contributed by atoms with Crippen molar-refractivity contribution >= 4 is 0 Å². The second kappa shape index (κ2) is 6.23. The van der Waals surface area contributed by atoms with Crippen LogP contribution in [0.5, 0.6) is 0 Å². The standard InChI is InChI=1S/C17H27N3/c1-13(2)11-20(17-7-8-17)12-16-4-3-14(10-19-16)9-18-15-5-6-15/h3-4,10,13,15,17-18H,5-9,11-12H2,1-2H3. The summed E-state index contributed by atoms with van der Waals surface area (Å²) in [5, 5.41) is 3.54. The number of hydrogen-bond donors (Lipinski definition) is 1. The van der Waals surface area contributed by atoms with Crippen molar-refractivity contribution in [2.24, 2.45) is 5.92 Å². The van der Waals surface area contributed by atoms with Gasteiger partial charge < -0.3 is 5.32 Å². The summed E-state index contributed by atoms with van der Waals surface area (Å²) < 4.78 is 0. The van der Waals surface area contributed by atoms with Crippen LogP contribution >= 0.6 is 0 Å². The van der Waals surface area contributed by atoms with Gasteiger partial charge in [-0.2, -0.15) is 0 Å². The molecule has 2 aliphatic carbocycles. The molecule has 20 heavy (non-hydrogen) atoms. The SMILES string of the molecule is CC(C)CN(Cc1ccc(CNC2CC2)cn1)C1CC1. The average Bonchev–Trinajstić information content (AvgIpc) is 3.28. The Morgan fingerprint density at radius 2 is 2.05 bits per heavy atom. The van der Waals surface area contributed by atoms with Gasteiger partial charge in [0, 0.05) is 37.9 Å². The molecule has 3 rings (SSSR count). The predicted octanol–water partition coefficient (Wildman–Crippen LogP) is 2.95. The lowest BCUT2D eigenvalue weighted by Gasteiger charge is -2.23. The van der Waals surface area contributed by atoms with Gasteiger partial charge in [0.15, 0.2) is 0 Å². The quantitative estimate of drug-likeness (QED) is 0.789. The topological polar surface area (TPSA) is 28.2 Å². The van der Waals surface area contributed by atoms with E-state index in [0.717, 1.165) is 31.1 Å². The van der Waals surface area contributed by atoms with Crippen molar-refractivity contribution in [2.75, 3.05) is 6.54 Å². The molecule has 1 N–H and O–H groups in total. The van der Waals surface area contributed by atoms with Gasteiger partial charge in [-0.1, -0.05) is 19.9 Å². The lowest BCUT2D eigenvalue weighted by atomic mass is 10.2. The molecule has 3 nitrogen and oxygen atoms in total. The van der Waals surface area contributed by atoms with Crippen molar-refractivity contribution in [2.45, 2.75) is 64.7 Å². The third-order valence-electron chi connectivity index (χ3n) is 4.09. The zero-order valence-corrected chi connectivity index (χ0v) is 12.8. The maximum atomic E-state index is 4.65. The molecule has 0 aliphatic heterocycles. The second-order valence-corrected chi connectivity index (χ2v) is 6.87. The molecule has 3 heteroatoms. The van der Waals surface area contributed by atoms with E-state index in [4.69, 9.17) is 0 Å². The van der Waals surface area contributed by atoms with Crippen molar-refractivity contribution in [3.05, 3.63) is 29.6 Å². The Bertz CT molecular complexity index is 418. The first-order valence-electron chi connectivity index (χ1n) is 8.12. The summed E-state index contributed by atoms with van der Waals surface area (Å²) in [6.45, 7) is 7.78. The molecule has 0 amide bonds. The fourth-order valence-corrected chi connectivity index (χ4v) is 2.66. The molecule has 0 bridgehead atoms. The molecule has 2 saturated carbocycles. The van der Waals surface area contributed by atoms with Crippen molar-refractivity contribution in [1.82, 2.24) is 15.2 Å². The minimum absolute atomic E-state index is 0.734. The Hall–Kier alpha value is -0.930. The minimum atomic E-state index is 0.734. The summed E-state index contributed by atoms with van der Waals surface area (Å²) >= 11 is 0. The molecule has 0 radical (unpaired) electrons. The van der Waals surface area contributed by atoms with Crippen LogP contribution in [-0.2, 0) is 13.1 Å². The third kappa shape index (κ3) is 4.29. The Kier molecular flexibility index (Phi) is 4.37. The van der Waals surface area contributed by atoms with Crippen LogP contribution in [-0.4, -0.2) is 28.5 Å². The van der Waals surface area contributed by atoms with E-state index in [1.54, 1.807) is 0 Å². The molecule has 1 heterocycles. The molecule has 1 aromatic heterocycles. The smallest absolute Gasteiger partial charge is 0.0544 e. The first-order valence-corrected chi connectivity index (χ1v) is 8.12. The van der Waals surface area contributed by atoms with Crippen molar-refractivity contribution in [1.29, 1.82) is 0 Å². The molecule has 0 aromatic carbocycles. The predicted molar refractivity (Wildman–Crippen MR) is 82.4 cm³/mol. The highest BCUT2D eigenvalue weighted by atomic mass is 15.2. The maximum Gasteiger partial charge on any atom is 0.0544 e. The lowest BCUT2D eigenvalue weighted by molar-refractivity contribution is 0.223. The zero-order chi connectivity index (χ0) is 13.9. The number of pyridine rings is 1. The summed E-state index contributed by atoms with van der Waals surface area (Å²) in [5.74, 6) is 0.734. The maximum absolute atomic E-state index is 4.65. The molecule has 0 spiro atoms. The number of rotatable bonds is 8. The Morgan fingerprint density at radius 3 is 2.60 bits per heavy atom. The molecule has 2 fully saturated rings. The van der Waals surface area contributed by atoms with E-state index in [2.05, 4.69) is 41.2 Å². The Morgan fingerprint density at radius 1 is 1.25 bits per heavy atom. The van der Waals surface area contributed by atoms with Gasteiger partial charge in [-0.3, -0.25) is 9.88 Å². The Balaban J connectivity index is 1.52. The van der Waals surface area contributed by atoms with E-state index < -0.39 is 0 Å². The fraction of sp³-hybridized carbons (Fsp3) is 0.706. The van der Waals surface area contributed by atoms with Gasteiger partial charge in [-0.05, 0) is 43.2 Å². The highest BCUT2D eigenvalue weighted by Gasteiger charge is 2.29. The van der Waals surface area contributed by atoms with E-state index in [1.165, 1.54) is 43.5 Å². The van der Waals surface area contributed by atoms with Crippen molar-refractivity contribution < 1.29 is 0 Å². The van der Waals surface area contributed by atoms with Gasteiger partial charge in [0.05, 0.1) is 5.69 Å². The van der Waals surface area contributed by atoms with E-state index >= 15 is 0 Å². The molecule has 0 saturated heterocycles. The Labute approximate surface area is 122 Å². The van der Waals surface area contributed by atoms with Crippen LogP contribution in [0.2, 0.25) is 0 Å².